The van der Waals surface area contributed by atoms with Gasteiger partial charge in [-0.05, 0) is 32.1 Å². The highest BCUT2D eigenvalue weighted by Gasteiger charge is 2.95. The maximum atomic E-state index is 14.6. The van der Waals surface area contributed by atoms with Gasteiger partial charge in [-0.2, -0.15) is 74.6 Å². The highest BCUT2D eigenvalue weighted by molar-refractivity contribution is 7.47. The molecule has 0 heterocycles. The topological polar surface area (TPSA) is 163 Å². The summed E-state index contributed by atoms with van der Waals surface area (Å²) in [6.07, 6.45) is -18.6. The molecule has 0 fully saturated rings. The Morgan fingerprint density at radius 3 is 1.49 bits per heavy atom. The number of carbonyl (C=O) groups excluding carboxylic acids is 1. The first kappa shape index (κ1) is 57.4. The van der Waals surface area contributed by atoms with Gasteiger partial charge in [-0.1, -0.05) is 51.9 Å². The monoisotopic (exact) mass is 932 g/mol. The molecule has 10 nitrogen and oxygen atoms in total. The minimum atomic E-state index is -8.71. The van der Waals surface area contributed by atoms with Crippen LogP contribution in [0, 0.1) is 0 Å². The summed E-state index contributed by atoms with van der Waals surface area (Å²) in [4.78, 5) is 20.1. The van der Waals surface area contributed by atoms with Crippen LogP contribution in [0.2, 0.25) is 0 Å². The van der Waals surface area contributed by atoms with E-state index in [1.165, 1.54) is 0 Å². The Morgan fingerprint density at radius 1 is 0.559 bits per heavy atom. The molecule has 28 heteroatoms. The van der Waals surface area contributed by atoms with Crippen LogP contribution in [0.1, 0.15) is 90.4 Å². The zero-order chi connectivity index (χ0) is 46.5. The predicted octanol–water partition coefficient (Wildman–Crippen LogP) is 8.25. The molecule has 0 aromatic rings. The third-order valence-corrected chi connectivity index (χ3v) is 9.72. The minimum Gasteiger partial charge on any atom is -0.388 e. The molecule has 0 aliphatic rings. The number of aliphatic hydroxyl groups excluding tert-OH is 4. The zero-order valence-electron chi connectivity index (χ0n) is 30.9. The first-order valence-corrected chi connectivity index (χ1v) is 19.2. The van der Waals surface area contributed by atoms with Crippen molar-refractivity contribution in [1.82, 2.24) is 0 Å². The van der Waals surface area contributed by atoms with Crippen molar-refractivity contribution in [3.05, 3.63) is 0 Å². The van der Waals surface area contributed by atoms with Crippen molar-refractivity contribution in [2.45, 2.75) is 169 Å². The van der Waals surface area contributed by atoms with Crippen molar-refractivity contribution in [3.8, 4) is 0 Å². The highest BCUT2D eigenvalue weighted by atomic mass is 31.2. The number of aliphatic hydroxyl groups is 4. The summed E-state index contributed by atoms with van der Waals surface area (Å²) >= 11 is 0. The summed E-state index contributed by atoms with van der Waals surface area (Å²) in [6, 6.07) is 0. The van der Waals surface area contributed by atoms with E-state index in [9.17, 15) is 104 Å². The fourth-order valence-electron chi connectivity index (χ4n) is 4.96. The number of hydrogen-bond donors (Lipinski definition) is 5. The van der Waals surface area contributed by atoms with Crippen LogP contribution in [-0.2, 0) is 23.1 Å². The molecule has 59 heavy (non-hydrogen) atoms. The quantitative estimate of drug-likeness (QED) is 0.0192. The van der Waals surface area contributed by atoms with E-state index in [2.05, 4.69) is 9.05 Å². The van der Waals surface area contributed by atoms with E-state index in [0.717, 1.165) is 19.3 Å². The van der Waals surface area contributed by atoms with Gasteiger partial charge in [0, 0.05) is 13.0 Å². The van der Waals surface area contributed by atoms with Crippen molar-refractivity contribution >= 4 is 14.1 Å². The second-order valence-corrected chi connectivity index (χ2v) is 14.9. The molecule has 0 aromatic carbocycles. The van der Waals surface area contributed by atoms with Crippen molar-refractivity contribution in [1.29, 1.82) is 0 Å². The van der Waals surface area contributed by atoms with Gasteiger partial charge >= 0.3 is 55.5 Å². The molecule has 0 spiro atoms. The Hall–Kier alpha value is -1.61. The maximum Gasteiger partial charge on any atom is 0.472 e. The minimum absolute atomic E-state index is 0.00301. The number of halogens is 17. The van der Waals surface area contributed by atoms with E-state index in [4.69, 9.17) is 9.84 Å². The Balaban J connectivity index is 5.67. The van der Waals surface area contributed by atoms with Crippen LogP contribution in [0.4, 0.5) is 74.6 Å². The van der Waals surface area contributed by atoms with Gasteiger partial charge in [0.25, 0.3) is 0 Å². The second kappa shape index (κ2) is 22.7. The average molecular weight is 933 g/mol. The normalized spacial score (nSPS) is 17.9. The van der Waals surface area contributed by atoms with E-state index in [1.807, 2.05) is 6.92 Å². The summed E-state index contributed by atoms with van der Waals surface area (Å²) in [5, 5.41) is 38.0. The van der Waals surface area contributed by atoms with Gasteiger partial charge in [0.05, 0.1) is 19.3 Å². The molecule has 0 rings (SSSR count). The van der Waals surface area contributed by atoms with Gasteiger partial charge in [0.2, 0.25) is 0 Å². The number of aldehydes is 1. The van der Waals surface area contributed by atoms with Gasteiger partial charge in [-0.15, -0.1) is 0 Å². The lowest BCUT2D eigenvalue weighted by atomic mass is 9.87. The molecule has 6 atom stereocenters. The molecule has 0 saturated carbocycles. The Labute approximate surface area is 326 Å². The van der Waals surface area contributed by atoms with E-state index >= 15 is 0 Å². The fraction of sp³-hybridized carbons (Fsp3) is 0.968. The van der Waals surface area contributed by atoms with Crippen molar-refractivity contribution < 1.29 is 123 Å². The van der Waals surface area contributed by atoms with Gasteiger partial charge in [-0.3, -0.25) is 9.05 Å². The largest absolute Gasteiger partial charge is 0.472 e. The number of rotatable bonds is 32. The van der Waals surface area contributed by atoms with E-state index in [0.29, 0.717) is 19.3 Å². The lowest BCUT2D eigenvalue weighted by Crippen LogP contribution is -2.74. The molecule has 5 N–H and O–H groups in total. The van der Waals surface area contributed by atoms with Crippen molar-refractivity contribution in [2.24, 2.45) is 0 Å². The average Bonchev–Trinajstić information content (AvgIpc) is 3.12. The van der Waals surface area contributed by atoms with Crippen LogP contribution in [0.5, 0.6) is 0 Å². The Kier molecular flexibility index (Phi) is 22.0. The number of carbonyl (C=O) groups is 1. The van der Waals surface area contributed by atoms with Crippen LogP contribution < -0.4 is 0 Å². The predicted molar refractivity (Wildman–Crippen MR) is 168 cm³/mol. The summed E-state index contributed by atoms with van der Waals surface area (Å²) < 4.78 is 259. The molecule has 0 saturated heterocycles. The van der Waals surface area contributed by atoms with Crippen LogP contribution in [0.25, 0.3) is 0 Å². The number of alkyl halides is 17. The molecule has 0 amide bonds. The summed E-state index contributed by atoms with van der Waals surface area (Å²) in [5.74, 6) is -56.9. The number of ether oxygens (including phenoxy) is 1. The molecule has 0 aromatic heterocycles. The third-order valence-electron chi connectivity index (χ3n) is 8.74. The van der Waals surface area contributed by atoms with Gasteiger partial charge < -0.3 is 34.9 Å². The number of phosphoric acid groups is 1. The van der Waals surface area contributed by atoms with Crippen molar-refractivity contribution in [3.63, 3.8) is 0 Å². The third kappa shape index (κ3) is 14.5. The lowest BCUT2D eigenvalue weighted by Gasteiger charge is -2.43. The van der Waals surface area contributed by atoms with Crippen molar-refractivity contribution in [2.75, 3.05) is 19.8 Å². The Bertz CT molecular complexity index is 1290. The molecule has 0 aliphatic heterocycles. The molecule has 0 aliphatic carbocycles. The summed E-state index contributed by atoms with van der Waals surface area (Å²) in [6.45, 7) is -0.279. The van der Waals surface area contributed by atoms with Gasteiger partial charge in [-0.25, -0.2) is 4.57 Å². The molecular weight excluding hydrogens is 886 g/mol. The van der Waals surface area contributed by atoms with E-state index in [-0.39, 0.29) is 38.4 Å². The van der Waals surface area contributed by atoms with Gasteiger partial charge in [0.1, 0.15) is 24.4 Å². The van der Waals surface area contributed by atoms with E-state index in [1.54, 1.807) is 0 Å². The number of unbranched alkanes of at least 4 members (excludes halogenated alkanes) is 8. The van der Waals surface area contributed by atoms with Crippen LogP contribution in [-0.4, -0.2) is 130 Å². The summed E-state index contributed by atoms with van der Waals surface area (Å²) in [5.41, 5.74) is 0. The first-order valence-electron chi connectivity index (χ1n) is 17.7. The number of phosphoric ester groups is 1. The Morgan fingerprint density at radius 2 is 1.00 bits per heavy atom. The SMILES string of the molecule is CCCCCCCCCC(CCC(F)(F)C(F)(F)C(F)(F)C(F)(F)C(F)(F)C(F)(F)C(F)(F)C(F)(F)F)OCCCCCOP(=O)(O)OC[C@@H](O)[C@H](O)[C@H](O)[C@@H](O)C=O. The molecular formula is C31H46F17O10P. The molecule has 354 valence electrons. The standard InChI is InChI=1S/C31H46F17O10P/c1-2-3-4-5-6-7-9-12-19(56-15-10-8-11-16-57-59(54,55)58-18-21(51)23(53)22(52)20(50)17-49)13-14-24(32,33)25(34,35)26(36,37)27(38,39)28(40,41)29(42,43)30(44,45)31(46,47)48/h17,19-23,50-53H,2-16,18H2,1H3,(H,54,55)/t19?,20-,21+,22+,23-/m0/s1. The summed E-state index contributed by atoms with van der Waals surface area (Å²) in [7, 11) is -4.94. The zero-order valence-corrected chi connectivity index (χ0v) is 31.8. The highest BCUT2D eigenvalue weighted by Crippen LogP contribution is 2.64. The fourth-order valence-corrected chi connectivity index (χ4v) is 5.74. The lowest BCUT2D eigenvalue weighted by molar-refractivity contribution is -0.461. The van der Waals surface area contributed by atoms with Crippen LogP contribution in [0.3, 0.4) is 0 Å². The maximum absolute atomic E-state index is 14.6. The van der Waals surface area contributed by atoms with Crippen LogP contribution in [0.15, 0.2) is 0 Å². The second-order valence-electron chi connectivity index (χ2n) is 13.4. The molecule has 0 radical (unpaired) electrons. The van der Waals surface area contributed by atoms with Crippen LogP contribution >= 0.6 is 7.82 Å². The van der Waals surface area contributed by atoms with Gasteiger partial charge in [0.15, 0.2) is 6.29 Å². The first-order chi connectivity index (χ1) is 26.6. The van der Waals surface area contributed by atoms with E-state index < -0.39 is 119 Å². The smallest absolute Gasteiger partial charge is 0.388 e. The number of hydrogen-bond acceptors (Lipinski definition) is 9. The molecule has 0 bridgehead atoms. The molecule has 2 unspecified atom stereocenters.